The van der Waals surface area contributed by atoms with Gasteiger partial charge in [0.2, 0.25) is 0 Å². The third-order valence-electron chi connectivity index (χ3n) is 2.25. The maximum atomic E-state index is 12.0. The number of alkyl halides is 1. The van der Waals surface area contributed by atoms with Gasteiger partial charge in [-0.3, -0.25) is 4.79 Å². The fourth-order valence-electron chi connectivity index (χ4n) is 1.35. The van der Waals surface area contributed by atoms with Crippen LogP contribution in [0.2, 0.25) is 0 Å². The van der Waals surface area contributed by atoms with Crippen LogP contribution in [-0.4, -0.2) is 36.9 Å². The number of hydrogen-bond donors (Lipinski definition) is 0. The number of amides is 1. The fraction of sp³-hybridized carbons (Fsp3) is 0.545. The quantitative estimate of drug-likeness (QED) is 0.737. The van der Waals surface area contributed by atoms with Crippen LogP contribution in [0.15, 0.2) is 11.4 Å². The molecule has 3 nitrogen and oxygen atoms in total. The predicted molar refractivity (Wildman–Crippen MR) is 67.8 cm³/mol. The fourth-order valence-corrected chi connectivity index (χ4v) is 2.29. The lowest BCUT2D eigenvalue weighted by Gasteiger charge is -2.19. The molecule has 0 saturated carbocycles. The molecule has 1 aromatic heterocycles. The second-order valence-corrected chi connectivity index (χ2v) is 4.57. The van der Waals surface area contributed by atoms with Crippen molar-refractivity contribution in [1.29, 1.82) is 0 Å². The van der Waals surface area contributed by atoms with Gasteiger partial charge in [0.05, 0.1) is 12.0 Å². The SMILES string of the molecule is CCN(CCCCl)C(=O)c1cc(OC)cs1. The van der Waals surface area contributed by atoms with Crippen LogP contribution in [0.1, 0.15) is 23.0 Å². The van der Waals surface area contributed by atoms with Gasteiger partial charge in [-0.2, -0.15) is 0 Å². The molecule has 0 spiro atoms. The Morgan fingerprint density at radius 3 is 2.88 bits per heavy atom. The Morgan fingerprint density at radius 1 is 1.62 bits per heavy atom. The van der Waals surface area contributed by atoms with Crippen LogP contribution in [0.25, 0.3) is 0 Å². The van der Waals surface area contributed by atoms with Crippen molar-refractivity contribution in [2.75, 3.05) is 26.1 Å². The zero-order valence-electron chi connectivity index (χ0n) is 9.53. The minimum Gasteiger partial charge on any atom is -0.496 e. The molecule has 0 bridgehead atoms. The minimum absolute atomic E-state index is 0.0564. The molecule has 0 aromatic carbocycles. The third-order valence-corrected chi connectivity index (χ3v) is 3.42. The van der Waals surface area contributed by atoms with E-state index in [0.29, 0.717) is 23.8 Å². The Balaban J connectivity index is 2.66. The van der Waals surface area contributed by atoms with Gasteiger partial charge in [-0.1, -0.05) is 0 Å². The van der Waals surface area contributed by atoms with E-state index in [-0.39, 0.29) is 5.91 Å². The molecule has 1 heterocycles. The van der Waals surface area contributed by atoms with Gasteiger partial charge in [0, 0.05) is 30.4 Å². The number of halogens is 1. The Morgan fingerprint density at radius 2 is 2.38 bits per heavy atom. The summed E-state index contributed by atoms with van der Waals surface area (Å²) in [6.07, 6.45) is 0.823. The highest BCUT2D eigenvalue weighted by molar-refractivity contribution is 7.12. The number of ether oxygens (including phenoxy) is 1. The molecule has 90 valence electrons. The Bertz CT molecular complexity index is 340. The van der Waals surface area contributed by atoms with Gasteiger partial charge in [-0.05, 0) is 13.3 Å². The average molecular weight is 262 g/mol. The third kappa shape index (κ3) is 3.39. The molecule has 0 aliphatic rings. The van der Waals surface area contributed by atoms with E-state index in [9.17, 15) is 4.79 Å². The van der Waals surface area contributed by atoms with Gasteiger partial charge < -0.3 is 9.64 Å². The van der Waals surface area contributed by atoms with Crippen LogP contribution in [0, 0.1) is 0 Å². The van der Waals surface area contributed by atoms with Gasteiger partial charge in [0.15, 0.2) is 0 Å². The van der Waals surface area contributed by atoms with Crippen molar-refractivity contribution in [3.63, 3.8) is 0 Å². The van der Waals surface area contributed by atoms with Gasteiger partial charge >= 0.3 is 0 Å². The molecule has 0 saturated heterocycles. The summed E-state index contributed by atoms with van der Waals surface area (Å²) in [4.78, 5) is 14.6. The Labute approximate surface area is 105 Å². The van der Waals surface area contributed by atoms with E-state index >= 15 is 0 Å². The molecule has 0 fully saturated rings. The first-order chi connectivity index (χ1) is 7.72. The molecule has 0 unspecified atom stereocenters. The van der Waals surface area contributed by atoms with Gasteiger partial charge in [0.25, 0.3) is 5.91 Å². The number of carbonyl (C=O) groups excluding carboxylic acids is 1. The summed E-state index contributed by atoms with van der Waals surface area (Å²) < 4.78 is 5.06. The first-order valence-electron chi connectivity index (χ1n) is 5.20. The number of nitrogens with zero attached hydrogens (tertiary/aromatic N) is 1. The molecule has 1 amide bonds. The summed E-state index contributed by atoms with van der Waals surface area (Å²) in [6.45, 7) is 3.38. The van der Waals surface area contributed by atoms with E-state index in [1.165, 1.54) is 11.3 Å². The molecular weight excluding hydrogens is 246 g/mol. The summed E-state index contributed by atoms with van der Waals surface area (Å²) >= 11 is 7.03. The van der Waals surface area contributed by atoms with E-state index in [4.69, 9.17) is 16.3 Å². The monoisotopic (exact) mass is 261 g/mol. The molecular formula is C11H16ClNO2S. The predicted octanol–water partition coefficient (Wildman–Crippen LogP) is 2.85. The van der Waals surface area contributed by atoms with E-state index < -0.39 is 0 Å². The normalized spacial score (nSPS) is 10.2. The zero-order valence-corrected chi connectivity index (χ0v) is 11.1. The second kappa shape index (κ2) is 6.76. The van der Waals surface area contributed by atoms with E-state index in [1.54, 1.807) is 18.1 Å². The summed E-state index contributed by atoms with van der Waals surface area (Å²) in [5.74, 6) is 1.38. The number of carbonyl (C=O) groups is 1. The van der Waals surface area contributed by atoms with Gasteiger partial charge in [-0.25, -0.2) is 0 Å². The van der Waals surface area contributed by atoms with Gasteiger partial charge in [0.1, 0.15) is 5.75 Å². The second-order valence-electron chi connectivity index (χ2n) is 3.28. The molecule has 1 rings (SSSR count). The Kier molecular flexibility index (Phi) is 5.63. The lowest BCUT2D eigenvalue weighted by atomic mass is 10.3. The van der Waals surface area contributed by atoms with Crippen LogP contribution in [0.4, 0.5) is 0 Å². The lowest BCUT2D eigenvalue weighted by Crippen LogP contribution is -2.31. The first-order valence-corrected chi connectivity index (χ1v) is 6.62. The summed E-state index contributed by atoms with van der Waals surface area (Å²) in [5.41, 5.74) is 0. The van der Waals surface area contributed by atoms with Crippen LogP contribution in [0.3, 0.4) is 0 Å². The van der Waals surface area contributed by atoms with Crippen LogP contribution in [0.5, 0.6) is 5.75 Å². The topological polar surface area (TPSA) is 29.5 Å². The van der Waals surface area contributed by atoms with Gasteiger partial charge in [-0.15, -0.1) is 22.9 Å². The van der Waals surface area contributed by atoms with Crippen molar-refractivity contribution in [2.24, 2.45) is 0 Å². The van der Waals surface area contributed by atoms with Crippen molar-refractivity contribution in [2.45, 2.75) is 13.3 Å². The molecule has 0 N–H and O–H groups in total. The molecule has 5 heteroatoms. The highest BCUT2D eigenvalue weighted by atomic mass is 35.5. The number of thiophene rings is 1. The molecule has 0 atom stereocenters. The van der Waals surface area contributed by atoms with Crippen LogP contribution >= 0.6 is 22.9 Å². The van der Waals surface area contributed by atoms with E-state index in [1.807, 2.05) is 12.3 Å². The van der Waals surface area contributed by atoms with Crippen molar-refractivity contribution in [3.05, 3.63) is 16.3 Å². The number of rotatable bonds is 6. The summed E-state index contributed by atoms with van der Waals surface area (Å²) in [5, 5.41) is 1.84. The first kappa shape index (κ1) is 13.3. The standard InChI is InChI=1S/C11H16ClNO2S/c1-3-13(6-4-5-12)11(14)10-7-9(15-2)8-16-10/h7-8H,3-6H2,1-2H3. The molecule has 0 aliphatic carbocycles. The average Bonchev–Trinajstić information content (AvgIpc) is 2.78. The molecule has 1 aromatic rings. The largest absolute Gasteiger partial charge is 0.496 e. The zero-order chi connectivity index (χ0) is 12.0. The van der Waals surface area contributed by atoms with Crippen molar-refractivity contribution in [1.82, 2.24) is 4.90 Å². The van der Waals surface area contributed by atoms with E-state index in [0.717, 1.165) is 12.2 Å². The van der Waals surface area contributed by atoms with Crippen molar-refractivity contribution >= 4 is 28.8 Å². The van der Waals surface area contributed by atoms with Crippen molar-refractivity contribution < 1.29 is 9.53 Å². The number of hydrogen-bond acceptors (Lipinski definition) is 3. The van der Waals surface area contributed by atoms with Crippen molar-refractivity contribution in [3.8, 4) is 5.75 Å². The maximum Gasteiger partial charge on any atom is 0.264 e. The Hall–Kier alpha value is -0.740. The summed E-state index contributed by atoms with van der Waals surface area (Å²) in [7, 11) is 1.60. The maximum absolute atomic E-state index is 12.0. The van der Waals surface area contributed by atoms with E-state index in [2.05, 4.69) is 0 Å². The van der Waals surface area contributed by atoms with Crippen LogP contribution in [-0.2, 0) is 0 Å². The molecule has 0 radical (unpaired) electrons. The highest BCUT2D eigenvalue weighted by Crippen LogP contribution is 2.22. The molecule has 0 aliphatic heterocycles. The highest BCUT2D eigenvalue weighted by Gasteiger charge is 2.15. The minimum atomic E-state index is 0.0564. The summed E-state index contributed by atoms with van der Waals surface area (Å²) in [6, 6.07) is 1.77. The smallest absolute Gasteiger partial charge is 0.264 e. The lowest BCUT2D eigenvalue weighted by molar-refractivity contribution is 0.0769. The molecule has 16 heavy (non-hydrogen) atoms. The number of methoxy groups -OCH3 is 1. The van der Waals surface area contributed by atoms with Crippen LogP contribution < -0.4 is 4.74 Å².